The van der Waals surface area contributed by atoms with Crippen LogP contribution in [0.25, 0.3) is 0 Å². The molecule has 3 aromatic carbocycles. The number of nitriles is 1. The number of piperazine rings is 1. The number of nitrogens with zero attached hydrogens (tertiary/aromatic N) is 3. The van der Waals surface area contributed by atoms with Crippen molar-refractivity contribution < 1.29 is 37.9 Å². The summed E-state index contributed by atoms with van der Waals surface area (Å²) in [5.74, 6) is 1.18. The van der Waals surface area contributed by atoms with Crippen molar-refractivity contribution in [3.63, 3.8) is 0 Å². The summed E-state index contributed by atoms with van der Waals surface area (Å²) >= 11 is 0. The van der Waals surface area contributed by atoms with Crippen molar-refractivity contribution in [1.29, 1.82) is 5.26 Å². The Morgan fingerprint density at radius 1 is 0.896 bits per heavy atom. The number of rotatable bonds is 8. The number of phenolic OH excluding ortho intramolecular Hbond substituents is 1. The van der Waals surface area contributed by atoms with E-state index in [1.807, 2.05) is 25.8 Å². The molecule has 3 heterocycles. The van der Waals surface area contributed by atoms with E-state index < -0.39 is 40.8 Å². The van der Waals surface area contributed by atoms with Gasteiger partial charge in [-0.3, -0.25) is 9.80 Å². The van der Waals surface area contributed by atoms with Gasteiger partial charge in [0.05, 0.1) is 51.0 Å². The molecule has 3 aliphatic heterocycles. The van der Waals surface area contributed by atoms with Gasteiger partial charge in [0.15, 0.2) is 11.5 Å². The number of aryl methyl sites for hydroxylation is 1. The molecule has 1 saturated heterocycles. The summed E-state index contributed by atoms with van der Waals surface area (Å²) in [7, 11) is 2.50. The number of ether oxygens (including phenoxy) is 3. The molecule has 0 unspecified atom stereocenters. The zero-order valence-corrected chi connectivity index (χ0v) is 29.0. The molecule has 4 N–H and O–H groups in total. The summed E-state index contributed by atoms with van der Waals surface area (Å²) in [5.41, 5.74) is 4.86. The van der Waals surface area contributed by atoms with Crippen molar-refractivity contribution in [2.24, 2.45) is 0 Å². The number of sulfonamides is 1. The van der Waals surface area contributed by atoms with Crippen LogP contribution in [0.15, 0.2) is 29.2 Å². The number of methoxy groups -OCH3 is 3. The lowest BCUT2D eigenvalue weighted by molar-refractivity contribution is -0.0720. The van der Waals surface area contributed by atoms with Gasteiger partial charge in [0.25, 0.3) is 0 Å². The van der Waals surface area contributed by atoms with Gasteiger partial charge in [-0.15, -0.1) is 0 Å². The van der Waals surface area contributed by atoms with E-state index in [4.69, 9.17) is 14.2 Å². The highest BCUT2D eigenvalue weighted by Crippen LogP contribution is 2.58. The molecule has 0 aliphatic carbocycles. The van der Waals surface area contributed by atoms with Gasteiger partial charge >= 0.3 is 0 Å². The zero-order chi connectivity index (χ0) is 34.8. The minimum atomic E-state index is -4.01. The minimum absolute atomic E-state index is 0.0134. The van der Waals surface area contributed by atoms with E-state index in [0.717, 1.165) is 11.1 Å². The van der Waals surface area contributed by atoms with Crippen LogP contribution in [0.2, 0.25) is 0 Å². The topological polar surface area (TPSA) is 165 Å². The van der Waals surface area contributed by atoms with Crippen molar-refractivity contribution in [3.05, 3.63) is 68.8 Å². The third kappa shape index (κ3) is 4.89. The number of likely N-dealkylation sites (N-methyl/N-ethyl adjacent to an activating group) is 1. The molecule has 0 aromatic heterocycles. The molecule has 13 heteroatoms. The van der Waals surface area contributed by atoms with Crippen molar-refractivity contribution >= 4 is 10.0 Å². The van der Waals surface area contributed by atoms with Crippen LogP contribution in [0.3, 0.4) is 0 Å². The van der Waals surface area contributed by atoms with E-state index in [-0.39, 0.29) is 41.0 Å². The lowest BCUT2D eigenvalue weighted by atomic mass is 9.71. The molecule has 2 bridgehead atoms. The summed E-state index contributed by atoms with van der Waals surface area (Å²) in [5, 5.41) is 44.7. The molecule has 0 spiro atoms. The minimum Gasteiger partial charge on any atom is -0.507 e. The summed E-state index contributed by atoms with van der Waals surface area (Å²) in [4.78, 5) is 4.17. The summed E-state index contributed by atoms with van der Waals surface area (Å²) in [6.07, 6.45) is 0.655. The predicted octanol–water partition coefficient (Wildman–Crippen LogP) is 3.29. The Hall–Kier alpha value is -4.06. The monoisotopic (exact) mass is 678 g/mol. The SMILES string of the molecule is COc1c(C)c(OC)c2c(c1O)[C@H]1[C@@H]3Cc4c(OC)c(C)c(CO)c(O)c4[C@H](CNS(=O)(=O)c4ccc(C)cc4)N3[C@@H](C#N)[C@H](C2)N1C. The highest BCUT2D eigenvalue weighted by atomic mass is 32.2. The second-order valence-electron chi connectivity index (χ2n) is 12.8. The first-order valence-corrected chi connectivity index (χ1v) is 17.3. The Kier molecular flexibility index (Phi) is 8.76. The smallest absolute Gasteiger partial charge is 0.240 e. The van der Waals surface area contributed by atoms with Crippen molar-refractivity contribution in [2.45, 2.75) is 75.3 Å². The molecule has 256 valence electrons. The molecule has 0 radical (unpaired) electrons. The molecule has 0 amide bonds. The Bertz CT molecular complexity index is 1920. The average molecular weight is 679 g/mol. The Morgan fingerprint density at radius 3 is 2.06 bits per heavy atom. The van der Waals surface area contributed by atoms with E-state index >= 15 is 0 Å². The fourth-order valence-corrected chi connectivity index (χ4v) is 9.46. The van der Waals surface area contributed by atoms with Crippen LogP contribution in [-0.2, 0) is 29.5 Å². The number of phenols is 2. The number of aliphatic hydroxyl groups excluding tert-OH is 1. The standard InChI is InChI=1S/C35H42N4O8S/c1-17-8-10-20(11-9-17)48(43,44)37-15-27-28-21(33(45-5)18(2)23(16-40)31(28)41)13-25-30-29-22(12-24(38(30)4)26(14-36)39(25)27)34(46-6)19(3)35(47-7)32(29)42/h8-11,24-27,30,37,40-42H,12-13,15-16H2,1-7H3/t24-,25-,26-,27-,30+/m0/s1. The van der Waals surface area contributed by atoms with E-state index in [0.29, 0.717) is 51.5 Å². The zero-order valence-electron chi connectivity index (χ0n) is 28.2. The van der Waals surface area contributed by atoms with Gasteiger partial charge in [-0.2, -0.15) is 5.26 Å². The van der Waals surface area contributed by atoms with Crippen LogP contribution in [0.1, 0.15) is 56.6 Å². The Labute approximate surface area is 281 Å². The maximum Gasteiger partial charge on any atom is 0.240 e. The molecule has 48 heavy (non-hydrogen) atoms. The molecular weight excluding hydrogens is 636 g/mol. The highest BCUT2D eigenvalue weighted by Gasteiger charge is 2.57. The van der Waals surface area contributed by atoms with E-state index in [1.165, 1.54) is 26.4 Å². The van der Waals surface area contributed by atoms with Gasteiger partial charge in [0.2, 0.25) is 10.0 Å². The van der Waals surface area contributed by atoms with Crippen LogP contribution < -0.4 is 18.9 Å². The third-order valence-corrected chi connectivity index (χ3v) is 12.0. The van der Waals surface area contributed by atoms with Crippen LogP contribution in [0.5, 0.6) is 28.7 Å². The molecule has 3 aliphatic rings. The van der Waals surface area contributed by atoms with Crippen LogP contribution >= 0.6 is 0 Å². The van der Waals surface area contributed by atoms with E-state index in [9.17, 15) is 29.0 Å². The van der Waals surface area contributed by atoms with Gasteiger partial charge in [0, 0.05) is 57.6 Å². The van der Waals surface area contributed by atoms with Gasteiger partial charge in [-0.25, -0.2) is 13.1 Å². The van der Waals surface area contributed by atoms with Crippen LogP contribution in [0, 0.1) is 32.1 Å². The molecular formula is C35H42N4O8S. The number of aliphatic hydroxyl groups is 1. The van der Waals surface area contributed by atoms with Crippen LogP contribution in [-0.4, -0.2) is 86.6 Å². The number of aromatic hydroxyl groups is 2. The fourth-order valence-electron chi connectivity index (χ4n) is 8.42. The van der Waals surface area contributed by atoms with Gasteiger partial charge in [-0.1, -0.05) is 17.7 Å². The van der Waals surface area contributed by atoms with Crippen molar-refractivity contribution in [3.8, 4) is 34.8 Å². The quantitative estimate of drug-likeness (QED) is 0.276. The van der Waals surface area contributed by atoms with E-state index in [1.54, 1.807) is 26.2 Å². The second-order valence-corrected chi connectivity index (χ2v) is 14.6. The highest BCUT2D eigenvalue weighted by molar-refractivity contribution is 7.89. The van der Waals surface area contributed by atoms with Crippen molar-refractivity contribution in [1.82, 2.24) is 14.5 Å². The van der Waals surface area contributed by atoms with E-state index in [2.05, 4.69) is 15.7 Å². The molecule has 3 aromatic rings. The summed E-state index contributed by atoms with van der Waals surface area (Å²) in [6.45, 7) is 4.79. The maximum absolute atomic E-state index is 13.6. The number of benzene rings is 3. The van der Waals surface area contributed by atoms with Crippen LogP contribution in [0.4, 0.5) is 0 Å². The molecule has 12 nitrogen and oxygen atoms in total. The van der Waals surface area contributed by atoms with Gasteiger partial charge in [0.1, 0.15) is 23.3 Å². The summed E-state index contributed by atoms with van der Waals surface area (Å²) < 4.78 is 47.5. The first kappa shape index (κ1) is 33.8. The summed E-state index contributed by atoms with van der Waals surface area (Å²) in [6, 6.07) is 6.04. The first-order chi connectivity index (χ1) is 22.9. The average Bonchev–Trinajstić information content (AvgIpc) is 3.05. The molecule has 1 fully saturated rings. The number of nitrogens with one attached hydrogen (secondary N) is 1. The second kappa shape index (κ2) is 12.4. The lowest BCUT2D eigenvalue weighted by Gasteiger charge is -2.60. The Morgan fingerprint density at radius 2 is 1.48 bits per heavy atom. The van der Waals surface area contributed by atoms with Gasteiger partial charge < -0.3 is 29.5 Å². The normalized spacial score (nSPS) is 23.4. The van der Waals surface area contributed by atoms with Crippen molar-refractivity contribution in [2.75, 3.05) is 34.9 Å². The maximum atomic E-state index is 13.6. The lowest BCUT2D eigenvalue weighted by Crippen LogP contribution is -2.68. The fraction of sp³-hybridized carbons (Fsp3) is 0.457. The number of fused-ring (bicyclic) bond motifs is 7. The molecule has 6 rings (SSSR count). The number of hydrogen-bond acceptors (Lipinski definition) is 11. The Balaban J connectivity index is 1.59. The predicted molar refractivity (Wildman–Crippen MR) is 177 cm³/mol. The van der Waals surface area contributed by atoms with Gasteiger partial charge in [-0.05, 0) is 52.8 Å². The third-order valence-electron chi connectivity index (χ3n) is 10.6. The molecule has 0 saturated carbocycles. The molecule has 5 atom stereocenters. The number of hydrogen-bond donors (Lipinski definition) is 4. The first-order valence-electron chi connectivity index (χ1n) is 15.8. The largest absolute Gasteiger partial charge is 0.507 e.